The van der Waals surface area contributed by atoms with Gasteiger partial charge in [0.25, 0.3) is 0 Å². The molecule has 1 aromatic heterocycles. The van der Waals surface area contributed by atoms with E-state index in [-0.39, 0.29) is 11.4 Å². The van der Waals surface area contributed by atoms with E-state index in [1.165, 1.54) is 12.1 Å². The molecular formula is C18H13FN2O2. The van der Waals surface area contributed by atoms with Crippen LogP contribution in [-0.2, 0) is 0 Å². The van der Waals surface area contributed by atoms with Crippen LogP contribution in [0.25, 0.3) is 5.69 Å². The second kappa shape index (κ2) is 6.27. The number of carbonyl (C=O) groups is 1. The zero-order valence-corrected chi connectivity index (χ0v) is 12.1. The highest BCUT2D eigenvalue weighted by Crippen LogP contribution is 2.15. The molecule has 0 bridgehead atoms. The van der Waals surface area contributed by atoms with Crippen molar-refractivity contribution < 1.29 is 14.3 Å². The largest absolute Gasteiger partial charge is 0.478 e. The molecule has 0 radical (unpaired) electrons. The summed E-state index contributed by atoms with van der Waals surface area (Å²) in [6.07, 6.45) is 3.54. The second-order valence-electron chi connectivity index (χ2n) is 4.89. The molecule has 0 atom stereocenters. The quantitative estimate of drug-likeness (QED) is 0.739. The minimum absolute atomic E-state index is 0.238. The average molecular weight is 308 g/mol. The van der Waals surface area contributed by atoms with Crippen LogP contribution in [0.5, 0.6) is 0 Å². The predicted octanol–water partition coefficient (Wildman–Crippen LogP) is 4.07. The third kappa shape index (κ3) is 3.35. The van der Waals surface area contributed by atoms with Gasteiger partial charge in [0.15, 0.2) is 0 Å². The molecule has 114 valence electrons. The SMILES string of the molecule is O=C(O)c1ccc(-n2cccc2C=Nc2ccc(F)cc2)cc1. The number of aromatic carboxylic acids is 1. The van der Waals surface area contributed by atoms with Crippen LogP contribution < -0.4 is 0 Å². The van der Waals surface area contributed by atoms with Crippen LogP contribution in [0.15, 0.2) is 71.9 Å². The van der Waals surface area contributed by atoms with E-state index < -0.39 is 5.97 Å². The molecule has 5 heteroatoms. The average Bonchev–Trinajstić information content (AvgIpc) is 3.03. The Morgan fingerprint density at radius 2 is 1.74 bits per heavy atom. The lowest BCUT2D eigenvalue weighted by Crippen LogP contribution is -2.00. The molecule has 4 nitrogen and oxygen atoms in total. The molecule has 0 unspecified atom stereocenters. The molecule has 0 fully saturated rings. The van der Waals surface area contributed by atoms with Gasteiger partial charge in [0.1, 0.15) is 5.82 Å². The lowest BCUT2D eigenvalue weighted by Gasteiger charge is -2.06. The fourth-order valence-electron chi connectivity index (χ4n) is 2.17. The number of halogens is 1. The molecule has 3 rings (SSSR count). The summed E-state index contributed by atoms with van der Waals surface area (Å²) in [6, 6.07) is 16.2. The van der Waals surface area contributed by atoms with Gasteiger partial charge in [-0.05, 0) is 60.7 Å². The first-order chi connectivity index (χ1) is 11.1. The number of carboxylic acids is 1. The van der Waals surface area contributed by atoms with Crippen molar-refractivity contribution in [2.45, 2.75) is 0 Å². The number of carboxylic acid groups (broad SMARTS) is 1. The van der Waals surface area contributed by atoms with E-state index in [2.05, 4.69) is 4.99 Å². The van der Waals surface area contributed by atoms with Gasteiger partial charge in [-0.2, -0.15) is 0 Å². The highest BCUT2D eigenvalue weighted by atomic mass is 19.1. The number of benzene rings is 2. The van der Waals surface area contributed by atoms with Gasteiger partial charge in [0.2, 0.25) is 0 Å². The Bertz CT molecular complexity index is 849. The Morgan fingerprint density at radius 3 is 2.39 bits per heavy atom. The molecule has 0 saturated heterocycles. The van der Waals surface area contributed by atoms with Gasteiger partial charge in [-0.25, -0.2) is 9.18 Å². The van der Waals surface area contributed by atoms with Gasteiger partial charge in [0.05, 0.1) is 23.2 Å². The Morgan fingerprint density at radius 1 is 1.04 bits per heavy atom. The first-order valence-electron chi connectivity index (χ1n) is 6.94. The highest BCUT2D eigenvalue weighted by molar-refractivity contribution is 5.88. The van der Waals surface area contributed by atoms with Crippen molar-refractivity contribution in [3.8, 4) is 5.69 Å². The maximum absolute atomic E-state index is 12.9. The maximum atomic E-state index is 12.9. The molecule has 3 aromatic rings. The first kappa shape index (κ1) is 14.7. The Hall–Kier alpha value is -3.21. The standard InChI is InChI=1S/C18H13FN2O2/c19-14-5-7-15(8-6-14)20-12-17-2-1-11-21(17)16-9-3-13(4-10-16)18(22)23/h1-12H,(H,22,23). The fourth-order valence-corrected chi connectivity index (χ4v) is 2.17. The number of nitrogens with zero attached hydrogens (tertiary/aromatic N) is 2. The molecule has 0 aliphatic heterocycles. The summed E-state index contributed by atoms with van der Waals surface area (Å²) in [4.78, 5) is 15.2. The van der Waals surface area contributed by atoms with E-state index in [1.807, 2.05) is 22.9 Å². The van der Waals surface area contributed by atoms with Crippen LogP contribution in [0.2, 0.25) is 0 Å². The molecular weight excluding hydrogens is 295 g/mol. The summed E-state index contributed by atoms with van der Waals surface area (Å²) in [7, 11) is 0. The van der Waals surface area contributed by atoms with Gasteiger partial charge in [-0.1, -0.05) is 0 Å². The number of rotatable bonds is 4. The summed E-state index contributed by atoms with van der Waals surface area (Å²) in [5.41, 5.74) is 2.56. The third-order valence-corrected chi connectivity index (χ3v) is 3.35. The summed E-state index contributed by atoms with van der Waals surface area (Å²) in [5, 5.41) is 8.94. The van der Waals surface area contributed by atoms with Gasteiger partial charge < -0.3 is 9.67 Å². The monoisotopic (exact) mass is 308 g/mol. The van der Waals surface area contributed by atoms with Crippen LogP contribution in [-0.4, -0.2) is 21.9 Å². The molecule has 1 N–H and O–H groups in total. The van der Waals surface area contributed by atoms with E-state index in [9.17, 15) is 9.18 Å². The highest BCUT2D eigenvalue weighted by Gasteiger charge is 2.04. The number of aliphatic imine (C=N–C) groups is 1. The Labute approximate surface area is 132 Å². The second-order valence-corrected chi connectivity index (χ2v) is 4.89. The summed E-state index contributed by atoms with van der Waals surface area (Å²) in [6.45, 7) is 0. The van der Waals surface area contributed by atoms with Crippen molar-refractivity contribution in [3.05, 3.63) is 83.9 Å². The minimum atomic E-state index is -0.956. The zero-order valence-electron chi connectivity index (χ0n) is 12.1. The van der Waals surface area contributed by atoms with E-state index in [0.29, 0.717) is 5.69 Å². The van der Waals surface area contributed by atoms with Crippen LogP contribution >= 0.6 is 0 Å². The van der Waals surface area contributed by atoms with Gasteiger partial charge in [-0.3, -0.25) is 4.99 Å². The molecule has 0 aliphatic carbocycles. The predicted molar refractivity (Wildman–Crippen MR) is 86.4 cm³/mol. The summed E-state index contributed by atoms with van der Waals surface area (Å²) < 4.78 is 14.8. The molecule has 0 saturated carbocycles. The molecule has 0 amide bonds. The summed E-state index contributed by atoms with van der Waals surface area (Å²) in [5.74, 6) is -1.26. The Balaban J connectivity index is 1.87. The minimum Gasteiger partial charge on any atom is -0.478 e. The molecule has 0 aliphatic rings. The third-order valence-electron chi connectivity index (χ3n) is 3.35. The van der Waals surface area contributed by atoms with E-state index >= 15 is 0 Å². The molecule has 2 aromatic carbocycles. The normalized spacial score (nSPS) is 11.0. The van der Waals surface area contributed by atoms with Crippen LogP contribution in [0.4, 0.5) is 10.1 Å². The topological polar surface area (TPSA) is 54.6 Å². The van der Waals surface area contributed by atoms with Crippen molar-refractivity contribution in [1.29, 1.82) is 0 Å². The Kier molecular flexibility index (Phi) is 4.01. The smallest absolute Gasteiger partial charge is 0.335 e. The summed E-state index contributed by atoms with van der Waals surface area (Å²) >= 11 is 0. The van der Waals surface area contributed by atoms with Crippen LogP contribution in [0.3, 0.4) is 0 Å². The lowest BCUT2D eigenvalue weighted by atomic mass is 10.2. The van der Waals surface area contributed by atoms with E-state index in [4.69, 9.17) is 5.11 Å². The van der Waals surface area contributed by atoms with Crippen molar-refractivity contribution in [3.63, 3.8) is 0 Å². The first-order valence-corrected chi connectivity index (χ1v) is 6.94. The van der Waals surface area contributed by atoms with Crippen LogP contribution in [0.1, 0.15) is 16.1 Å². The number of hydrogen-bond donors (Lipinski definition) is 1. The van der Waals surface area contributed by atoms with Crippen molar-refractivity contribution in [1.82, 2.24) is 4.57 Å². The van der Waals surface area contributed by atoms with Gasteiger partial charge in [0, 0.05) is 11.9 Å². The van der Waals surface area contributed by atoms with Crippen molar-refractivity contribution >= 4 is 17.9 Å². The van der Waals surface area contributed by atoms with Gasteiger partial charge >= 0.3 is 5.97 Å². The molecule has 23 heavy (non-hydrogen) atoms. The molecule has 0 spiro atoms. The number of hydrogen-bond acceptors (Lipinski definition) is 2. The van der Waals surface area contributed by atoms with Crippen molar-refractivity contribution in [2.75, 3.05) is 0 Å². The van der Waals surface area contributed by atoms with Gasteiger partial charge in [-0.15, -0.1) is 0 Å². The maximum Gasteiger partial charge on any atom is 0.335 e. The fraction of sp³-hybridized carbons (Fsp3) is 0. The van der Waals surface area contributed by atoms with E-state index in [1.54, 1.807) is 42.6 Å². The van der Waals surface area contributed by atoms with E-state index in [0.717, 1.165) is 11.4 Å². The molecule has 1 heterocycles. The van der Waals surface area contributed by atoms with Crippen molar-refractivity contribution in [2.24, 2.45) is 4.99 Å². The number of aromatic nitrogens is 1. The lowest BCUT2D eigenvalue weighted by molar-refractivity contribution is 0.0697. The van der Waals surface area contributed by atoms with Crippen LogP contribution in [0, 0.1) is 5.82 Å². The zero-order chi connectivity index (χ0) is 16.2.